The van der Waals surface area contributed by atoms with E-state index in [1.165, 1.54) is 0 Å². The summed E-state index contributed by atoms with van der Waals surface area (Å²) in [7, 11) is 0. The van der Waals surface area contributed by atoms with Crippen LogP contribution in [0.4, 0.5) is 0 Å². The number of aliphatic hydroxyl groups is 1. The highest BCUT2D eigenvalue weighted by Gasteiger charge is 2.50. The van der Waals surface area contributed by atoms with Crippen LogP contribution in [0, 0.1) is 6.92 Å². The van der Waals surface area contributed by atoms with Gasteiger partial charge >= 0.3 is 5.97 Å². The number of carbonyl (C=O) groups excluding carboxylic acids is 1. The predicted molar refractivity (Wildman–Crippen MR) is 80.7 cm³/mol. The third kappa shape index (κ3) is 1.97. The second kappa shape index (κ2) is 4.78. The normalized spacial score (nSPS) is 20.9. The van der Waals surface area contributed by atoms with Crippen molar-refractivity contribution in [3.8, 4) is 0 Å². The molecule has 0 radical (unpaired) electrons. The minimum atomic E-state index is -0.809. The minimum Gasteiger partial charge on any atom is -0.507 e. The molecule has 1 fully saturated rings. The first-order valence-corrected chi connectivity index (χ1v) is 7.75. The molecule has 0 bridgehead atoms. The second-order valence-electron chi connectivity index (χ2n) is 5.40. The van der Waals surface area contributed by atoms with E-state index in [1.54, 1.807) is 12.1 Å². The molecule has 1 N–H and O–H groups in total. The van der Waals surface area contributed by atoms with E-state index in [2.05, 4.69) is 15.9 Å². The number of aliphatic hydroxyl groups excluding tert-OH is 1. The van der Waals surface area contributed by atoms with Gasteiger partial charge in [0.15, 0.2) is 11.4 Å². The molecule has 0 aromatic heterocycles. The fraction of sp³-hybridized carbons (Fsp3) is 0.400. The lowest BCUT2D eigenvalue weighted by Crippen LogP contribution is -2.27. The van der Waals surface area contributed by atoms with Crippen LogP contribution in [0.2, 0.25) is 5.02 Å². The monoisotopic (exact) mass is 356 g/mol. The molecule has 3 nitrogen and oxygen atoms in total. The molecule has 1 heterocycles. The summed E-state index contributed by atoms with van der Waals surface area (Å²) in [6, 6.07) is 3.53. The Labute approximate surface area is 130 Å². The van der Waals surface area contributed by atoms with Gasteiger partial charge in [-0.25, -0.2) is 4.79 Å². The first kappa shape index (κ1) is 14.0. The molecule has 2 aliphatic rings. The summed E-state index contributed by atoms with van der Waals surface area (Å²) in [5.41, 5.74) is 0.896. The van der Waals surface area contributed by atoms with Gasteiger partial charge in [-0.1, -0.05) is 27.5 Å². The Morgan fingerprint density at radius 3 is 2.65 bits per heavy atom. The Hall–Kier alpha value is -1.00. The second-order valence-corrected chi connectivity index (χ2v) is 6.66. The van der Waals surface area contributed by atoms with Crippen molar-refractivity contribution < 1.29 is 14.6 Å². The van der Waals surface area contributed by atoms with E-state index in [9.17, 15) is 9.90 Å². The molecule has 0 saturated heterocycles. The quantitative estimate of drug-likeness (QED) is 0.750. The molecule has 20 heavy (non-hydrogen) atoms. The van der Waals surface area contributed by atoms with Crippen molar-refractivity contribution in [2.24, 2.45) is 0 Å². The van der Waals surface area contributed by atoms with Crippen LogP contribution in [-0.2, 0) is 9.53 Å². The first-order valence-electron chi connectivity index (χ1n) is 6.58. The summed E-state index contributed by atoms with van der Waals surface area (Å²) in [4.78, 5) is 12.2. The maximum absolute atomic E-state index is 12.2. The third-order valence-corrected chi connectivity index (χ3v) is 5.26. The maximum Gasteiger partial charge on any atom is 0.343 e. The number of ether oxygens (including phenoxy) is 1. The topological polar surface area (TPSA) is 46.5 Å². The molecule has 106 valence electrons. The number of esters is 1. The van der Waals surface area contributed by atoms with Crippen LogP contribution in [-0.4, -0.2) is 16.7 Å². The van der Waals surface area contributed by atoms with Gasteiger partial charge in [-0.05, 0) is 50.3 Å². The van der Waals surface area contributed by atoms with Crippen molar-refractivity contribution in [2.45, 2.75) is 38.2 Å². The smallest absolute Gasteiger partial charge is 0.343 e. The van der Waals surface area contributed by atoms with Crippen molar-refractivity contribution in [2.75, 3.05) is 0 Å². The van der Waals surface area contributed by atoms with Crippen LogP contribution >= 0.6 is 27.5 Å². The van der Waals surface area contributed by atoms with Gasteiger partial charge in [0.1, 0.15) is 5.57 Å². The van der Waals surface area contributed by atoms with Gasteiger partial charge in [0.2, 0.25) is 0 Å². The highest BCUT2D eigenvalue weighted by Crippen LogP contribution is 2.47. The summed E-state index contributed by atoms with van der Waals surface area (Å²) in [6.45, 7) is 1.91. The van der Waals surface area contributed by atoms with Crippen molar-refractivity contribution in [1.82, 2.24) is 0 Å². The largest absolute Gasteiger partial charge is 0.507 e. The van der Waals surface area contributed by atoms with Gasteiger partial charge in [0.05, 0.1) is 0 Å². The summed E-state index contributed by atoms with van der Waals surface area (Å²) >= 11 is 9.62. The van der Waals surface area contributed by atoms with E-state index in [4.69, 9.17) is 16.3 Å². The zero-order valence-electron chi connectivity index (χ0n) is 11.0. The first-order chi connectivity index (χ1) is 9.44. The van der Waals surface area contributed by atoms with E-state index in [0.717, 1.165) is 22.9 Å². The molecule has 1 aromatic carbocycles. The number of benzene rings is 1. The fourth-order valence-electron chi connectivity index (χ4n) is 2.97. The zero-order chi connectivity index (χ0) is 14.5. The Balaban J connectivity index is 2.16. The van der Waals surface area contributed by atoms with Crippen molar-refractivity contribution in [3.05, 3.63) is 38.5 Å². The Kier molecular flexibility index (Phi) is 3.33. The van der Waals surface area contributed by atoms with Gasteiger partial charge < -0.3 is 9.84 Å². The number of hydrogen-bond donors (Lipinski definition) is 1. The van der Waals surface area contributed by atoms with Gasteiger partial charge in [-0.3, -0.25) is 0 Å². The van der Waals surface area contributed by atoms with E-state index in [0.29, 0.717) is 23.4 Å². The van der Waals surface area contributed by atoms with Crippen molar-refractivity contribution >= 4 is 39.1 Å². The number of carbonyl (C=O) groups is 1. The summed E-state index contributed by atoms with van der Waals surface area (Å²) in [6.07, 6.45) is 3.28. The predicted octanol–water partition coefficient (Wildman–Crippen LogP) is 4.55. The molecule has 1 aliphatic heterocycles. The lowest BCUT2D eigenvalue weighted by Gasteiger charge is -2.21. The molecule has 1 aromatic rings. The molecular weight excluding hydrogens is 344 g/mol. The average molecular weight is 358 g/mol. The van der Waals surface area contributed by atoms with Crippen LogP contribution in [0.1, 0.15) is 36.8 Å². The summed E-state index contributed by atoms with van der Waals surface area (Å²) in [5.74, 6) is -0.434. The van der Waals surface area contributed by atoms with Gasteiger partial charge in [-0.2, -0.15) is 0 Å². The number of hydrogen-bond acceptors (Lipinski definition) is 3. The van der Waals surface area contributed by atoms with Gasteiger partial charge in [-0.15, -0.1) is 0 Å². The molecule has 1 spiro atoms. The molecule has 0 unspecified atom stereocenters. The molecule has 5 heteroatoms. The Morgan fingerprint density at radius 2 is 2.00 bits per heavy atom. The third-order valence-electron chi connectivity index (χ3n) is 4.09. The zero-order valence-corrected chi connectivity index (χ0v) is 13.3. The van der Waals surface area contributed by atoms with Crippen LogP contribution in [0.25, 0.3) is 5.57 Å². The molecule has 0 atom stereocenters. The number of rotatable bonds is 1. The fourth-order valence-corrected chi connectivity index (χ4v) is 3.71. The van der Waals surface area contributed by atoms with E-state index in [-0.39, 0.29) is 11.3 Å². The molecule has 3 rings (SSSR count). The summed E-state index contributed by atoms with van der Waals surface area (Å²) in [5, 5.41) is 10.9. The lowest BCUT2D eigenvalue weighted by molar-refractivity contribution is -0.146. The highest BCUT2D eigenvalue weighted by atomic mass is 79.9. The van der Waals surface area contributed by atoms with E-state index >= 15 is 0 Å². The van der Waals surface area contributed by atoms with Gasteiger partial charge in [0, 0.05) is 15.1 Å². The molecule has 0 amide bonds. The molecule has 1 aliphatic carbocycles. The van der Waals surface area contributed by atoms with Crippen molar-refractivity contribution in [3.63, 3.8) is 0 Å². The SMILES string of the molecule is Cc1cc(C2=C(O)C3(CCCC3)OC2=O)c(Cl)cc1Br. The van der Waals surface area contributed by atoms with E-state index < -0.39 is 11.6 Å². The van der Waals surface area contributed by atoms with Crippen LogP contribution in [0.3, 0.4) is 0 Å². The van der Waals surface area contributed by atoms with Crippen molar-refractivity contribution in [1.29, 1.82) is 0 Å². The van der Waals surface area contributed by atoms with Crippen LogP contribution in [0.5, 0.6) is 0 Å². The number of halogens is 2. The van der Waals surface area contributed by atoms with Crippen LogP contribution in [0.15, 0.2) is 22.4 Å². The average Bonchev–Trinajstić information content (AvgIpc) is 2.93. The van der Waals surface area contributed by atoms with E-state index in [1.807, 2.05) is 6.92 Å². The lowest BCUT2D eigenvalue weighted by atomic mass is 9.95. The Morgan fingerprint density at radius 1 is 1.35 bits per heavy atom. The molecule has 1 saturated carbocycles. The maximum atomic E-state index is 12.2. The highest BCUT2D eigenvalue weighted by molar-refractivity contribution is 9.10. The molecular formula is C15H14BrClO3. The Bertz CT molecular complexity index is 630. The number of aryl methyl sites for hydroxylation is 1. The summed E-state index contributed by atoms with van der Waals surface area (Å²) < 4.78 is 6.35. The van der Waals surface area contributed by atoms with Crippen LogP contribution < -0.4 is 0 Å². The standard InChI is InChI=1S/C15H14BrClO3/c1-8-6-9(11(17)7-10(8)16)12-13(18)15(20-14(12)19)4-2-3-5-15/h6-7,18H,2-5H2,1H3. The minimum absolute atomic E-state index is 0.0450. The van der Waals surface area contributed by atoms with Gasteiger partial charge in [0.25, 0.3) is 0 Å².